The molecule has 5 heteroatoms. The van der Waals surface area contributed by atoms with Crippen molar-refractivity contribution in [1.29, 1.82) is 0 Å². The van der Waals surface area contributed by atoms with E-state index in [2.05, 4.69) is 29.3 Å². The highest BCUT2D eigenvalue weighted by molar-refractivity contribution is 5.89. The summed E-state index contributed by atoms with van der Waals surface area (Å²) in [5.74, 6) is 0. The number of carbonyl (C=O) groups is 1. The molecule has 0 aliphatic carbocycles. The first-order valence-electron chi connectivity index (χ1n) is 7.82. The summed E-state index contributed by atoms with van der Waals surface area (Å²) >= 11 is 0. The predicted molar refractivity (Wildman–Crippen MR) is 84.0 cm³/mol. The first-order chi connectivity index (χ1) is 10.3. The molecular formula is C16H23N3O2. The van der Waals surface area contributed by atoms with Crippen LogP contribution in [0, 0.1) is 0 Å². The zero-order valence-electron chi connectivity index (χ0n) is 12.5. The molecule has 3 rings (SSSR count). The van der Waals surface area contributed by atoms with Gasteiger partial charge >= 0.3 is 6.09 Å². The van der Waals surface area contributed by atoms with Crippen molar-refractivity contribution in [2.75, 3.05) is 42.5 Å². The Kier molecular flexibility index (Phi) is 4.29. The number of rotatable bonds is 4. The average molecular weight is 289 g/mol. The summed E-state index contributed by atoms with van der Waals surface area (Å²) < 4.78 is 5.38. The second-order valence-corrected chi connectivity index (χ2v) is 5.66. The fourth-order valence-electron chi connectivity index (χ4n) is 2.97. The summed E-state index contributed by atoms with van der Waals surface area (Å²) in [6.45, 7) is 6.89. The normalized spacial score (nSPS) is 22.5. The molecule has 114 valence electrons. The van der Waals surface area contributed by atoms with Crippen molar-refractivity contribution in [3.05, 3.63) is 24.3 Å². The fourth-order valence-corrected chi connectivity index (χ4v) is 2.97. The fraction of sp³-hybridized carbons (Fsp3) is 0.562. The third kappa shape index (κ3) is 3.13. The maximum absolute atomic E-state index is 11.9. The smallest absolute Gasteiger partial charge is 0.414 e. The van der Waals surface area contributed by atoms with Crippen LogP contribution in [0.5, 0.6) is 0 Å². The van der Waals surface area contributed by atoms with Crippen molar-refractivity contribution in [1.82, 2.24) is 5.32 Å². The summed E-state index contributed by atoms with van der Waals surface area (Å²) in [5, 5.41) is 3.35. The highest BCUT2D eigenvalue weighted by Gasteiger charge is 2.31. The maximum Gasteiger partial charge on any atom is 0.414 e. The minimum absolute atomic E-state index is 0.0374. The molecule has 2 saturated heterocycles. The van der Waals surface area contributed by atoms with E-state index in [-0.39, 0.29) is 12.2 Å². The Hall–Kier alpha value is -1.75. The lowest BCUT2D eigenvalue weighted by Gasteiger charge is -2.29. The molecular weight excluding hydrogens is 266 g/mol. The highest BCUT2D eigenvalue weighted by atomic mass is 16.6. The van der Waals surface area contributed by atoms with Crippen LogP contribution in [0.2, 0.25) is 0 Å². The Morgan fingerprint density at radius 2 is 1.86 bits per heavy atom. The molecule has 0 bridgehead atoms. The van der Waals surface area contributed by atoms with Gasteiger partial charge in [0.05, 0.1) is 6.54 Å². The van der Waals surface area contributed by atoms with Crippen molar-refractivity contribution < 1.29 is 9.53 Å². The number of ether oxygens (including phenoxy) is 1. The van der Waals surface area contributed by atoms with Crippen LogP contribution < -0.4 is 15.1 Å². The van der Waals surface area contributed by atoms with Crippen molar-refractivity contribution in [2.24, 2.45) is 0 Å². The minimum atomic E-state index is -0.219. The van der Waals surface area contributed by atoms with Gasteiger partial charge in [0.25, 0.3) is 0 Å². The number of carbonyl (C=O) groups excluding carboxylic acids is 1. The van der Waals surface area contributed by atoms with Crippen LogP contribution in [-0.4, -0.2) is 44.9 Å². The zero-order chi connectivity index (χ0) is 14.7. The quantitative estimate of drug-likeness (QED) is 0.923. The molecule has 1 amide bonds. The lowest BCUT2D eigenvalue weighted by molar-refractivity contribution is 0.136. The number of hydrogen-bond donors (Lipinski definition) is 1. The zero-order valence-corrected chi connectivity index (χ0v) is 12.5. The van der Waals surface area contributed by atoms with E-state index in [4.69, 9.17) is 4.74 Å². The van der Waals surface area contributed by atoms with Crippen molar-refractivity contribution in [2.45, 2.75) is 25.9 Å². The minimum Gasteiger partial charge on any atom is -0.444 e. The van der Waals surface area contributed by atoms with Gasteiger partial charge in [0, 0.05) is 37.6 Å². The SMILES string of the molecule is CCC[C@H]1CN(c2ccc(N3CCNCC3)cc2)C(=O)O1. The van der Waals surface area contributed by atoms with Crippen LogP contribution >= 0.6 is 0 Å². The molecule has 0 spiro atoms. The largest absolute Gasteiger partial charge is 0.444 e. The van der Waals surface area contributed by atoms with Gasteiger partial charge < -0.3 is 15.0 Å². The lowest BCUT2D eigenvalue weighted by Crippen LogP contribution is -2.43. The molecule has 1 aromatic carbocycles. The molecule has 0 unspecified atom stereocenters. The number of nitrogens with one attached hydrogen (secondary N) is 1. The summed E-state index contributed by atoms with van der Waals surface area (Å²) in [5.41, 5.74) is 2.15. The molecule has 2 aliphatic heterocycles. The summed E-state index contributed by atoms with van der Waals surface area (Å²) in [7, 11) is 0. The van der Waals surface area contributed by atoms with E-state index in [1.165, 1.54) is 5.69 Å². The van der Waals surface area contributed by atoms with Gasteiger partial charge in [-0.3, -0.25) is 4.90 Å². The standard InChI is InChI=1S/C16H23N3O2/c1-2-3-15-12-19(16(20)21-15)14-6-4-13(5-7-14)18-10-8-17-9-11-18/h4-7,15,17H,2-3,8-12H2,1H3/t15-/m0/s1. The Balaban J connectivity index is 1.67. The van der Waals surface area contributed by atoms with Gasteiger partial charge in [-0.1, -0.05) is 13.3 Å². The van der Waals surface area contributed by atoms with Gasteiger partial charge in [-0.25, -0.2) is 4.79 Å². The van der Waals surface area contributed by atoms with Gasteiger partial charge in [-0.2, -0.15) is 0 Å². The third-order valence-corrected chi connectivity index (χ3v) is 4.13. The average Bonchev–Trinajstić information content (AvgIpc) is 2.89. The van der Waals surface area contributed by atoms with Gasteiger partial charge in [0.1, 0.15) is 6.10 Å². The number of piperazine rings is 1. The highest BCUT2D eigenvalue weighted by Crippen LogP contribution is 2.26. The van der Waals surface area contributed by atoms with Gasteiger partial charge in [0.15, 0.2) is 0 Å². The van der Waals surface area contributed by atoms with E-state index in [1.807, 2.05) is 12.1 Å². The molecule has 0 saturated carbocycles. The molecule has 0 radical (unpaired) electrons. The number of cyclic esters (lactones) is 1. The monoisotopic (exact) mass is 289 g/mol. The van der Waals surface area contributed by atoms with Crippen molar-refractivity contribution in [3.63, 3.8) is 0 Å². The molecule has 2 fully saturated rings. The van der Waals surface area contributed by atoms with Gasteiger partial charge in [-0.15, -0.1) is 0 Å². The van der Waals surface area contributed by atoms with E-state index in [1.54, 1.807) is 4.90 Å². The van der Waals surface area contributed by atoms with E-state index < -0.39 is 0 Å². The number of nitrogens with zero attached hydrogens (tertiary/aromatic N) is 2. The van der Waals surface area contributed by atoms with Crippen LogP contribution in [0.25, 0.3) is 0 Å². The predicted octanol–water partition coefficient (Wildman–Crippen LogP) is 2.22. The number of benzene rings is 1. The molecule has 2 aliphatic rings. The Morgan fingerprint density at radius 1 is 1.19 bits per heavy atom. The van der Waals surface area contributed by atoms with Gasteiger partial charge in [-0.05, 0) is 30.7 Å². The molecule has 21 heavy (non-hydrogen) atoms. The van der Waals surface area contributed by atoms with Crippen LogP contribution in [0.4, 0.5) is 16.2 Å². The van der Waals surface area contributed by atoms with Crippen LogP contribution in [0.1, 0.15) is 19.8 Å². The Morgan fingerprint density at radius 3 is 2.52 bits per heavy atom. The van der Waals surface area contributed by atoms with Crippen LogP contribution in [-0.2, 0) is 4.74 Å². The first-order valence-corrected chi connectivity index (χ1v) is 7.82. The van der Waals surface area contributed by atoms with Crippen LogP contribution in [0.3, 0.4) is 0 Å². The molecule has 1 N–H and O–H groups in total. The van der Waals surface area contributed by atoms with Crippen molar-refractivity contribution in [3.8, 4) is 0 Å². The maximum atomic E-state index is 11.9. The van der Waals surface area contributed by atoms with E-state index in [0.717, 1.165) is 44.7 Å². The third-order valence-electron chi connectivity index (χ3n) is 4.13. The first kappa shape index (κ1) is 14.2. The molecule has 0 aromatic heterocycles. The Labute approximate surface area is 125 Å². The van der Waals surface area contributed by atoms with E-state index in [0.29, 0.717) is 6.54 Å². The second kappa shape index (κ2) is 6.35. The van der Waals surface area contributed by atoms with Crippen molar-refractivity contribution >= 4 is 17.5 Å². The summed E-state index contributed by atoms with van der Waals surface area (Å²) in [4.78, 5) is 16.0. The number of anilines is 2. The molecule has 2 heterocycles. The number of amides is 1. The summed E-state index contributed by atoms with van der Waals surface area (Å²) in [6.07, 6.45) is 1.79. The van der Waals surface area contributed by atoms with Gasteiger partial charge in [0.2, 0.25) is 0 Å². The molecule has 1 aromatic rings. The second-order valence-electron chi connectivity index (χ2n) is 5.66. The van der Waals surface area contributed by atoms with Crippen LogP contribution in [0.15, 0.2) is 24.3 Å². The van der Waals surface area contributed by atoms with E-state index >= 15 is 0 Å². The van der Waals surface area contributed by atoms with E-state index in [9.17, 15) is 4.79 Å². The molecule has 1 atom stereocenters. The summed E-state index contributed by atoms with van der Waals surface area (Å²) in [6, 6.07) is 8.24. The number of hydrogen-bond acceptors (Lipinski definition) is 4. The topological polar surface area (TPSA) is 44.8 Å². The lowest BCUT2D eigenvalue weighted by atomic mass is 10.2. The molecule has 5 nitrogen and oxygen atoms in total. The Bertz CT molecular complexity index is 483.